The predicted octanol–water partition coefficient (Wildman–Crippen LogP) is 3.05. The Morgan fingerprint density at radius 1 is 1.23 bits per heavy atom. The molecule has 0 aliphatic rings. The van der Waals surface area contributed by atoms with Gasteiger partial charge in [0.1, 0.15) is 18.1 Å². The van der Waals surface area contributed by atoms with Crippen molar-refractivity contribution in [3.63, 3.8) is 0 Å². The van der Waals surface area contributed by atoms with Crippen molar-refractivity contribution in [3.8, 4) is 11.5 Å². The second kappa shape index (κ2) is 7.31. The van der Waals surface area contributed by atoms with Crippen LogP contribution < -0.4 is 9.47 Å². The first-order valence-corrected chi connectivity index (χ1v) is 7.31. The summed E-state index contributed by atoms with van der Waals surface area (Å²) in [6.07, 6.45) is 0.109. The summed E-state index contributed by atoms with van der Waals surface area (Å²) >= 11 is 3.41. The van der Waals surface area contributed by atoms with E-state index in [4.69, 9.17) is 18.7 Å². The fourth-order valence-corrected chi connectivity index (χ4v) is 2.34. The van der Waals surface area contributed by atoms with E-state index < -0.39 is 0 Å². The number of carbonyl (C=O) groups excluding carboxylic acids is 1. The van der Waals surface area contributed by atoms with E-state index in [0.717, 1.165) is 10.0 Å². The lowest BCUT2D eigenvalue weighted by Gasteiger charge is -2.11. The fraction of sp³-hybridized carbons (Fsp3) is 0.333. The van der Waals surface area contributed by atoms with Gasteiger partial charge in [-0.15, -0.1) is 0 Å². The molecule has 0 bridgehead atoms. The summed E-state index contributed by atoms with van der Waals surface area (Å²) in [6.45, 7) is 1.86. The smallest absolute Gasteiger partial charge is 0.310 e. The van der Waals surface area contributed by atoms with Gasteiger partial charge in [0.05, 0.1) is 20.6 Å². The van der Waals surface area contributed by atoms with E-state index in [-0.39, 0.29) is 19.0 Å². The van der Waals surface area contributed by atoms with Crippen molar-refractivity contribution in [1.29, 1.82) is 0 Å². The van der Waals surface area contributed by atoms with Gasteiger partial charge in [-0.1, -0.05) is 21.1 Å². The van der Waals surface area contributed by atoms with Crippen LogP contribution >= 0.6 is 15.9 Å². The third-order valence-electron chi connectivity index (χ3n) is 2.95. The molecular weight excluding hydrogens is 354 g/mol. The summed E-state index contributed by atoms with van der Waals surface area (Å²) in [5, 5.41) is 3.76. The molecule has 1 heterocycles. The molecule has 2 aromatic rings. The van der Waals surface area contributed by atoms with E-state index in [2.05, 4.69) is 21.1 Å². The highest BCUT2D eigenvalue weighted by Crippen LogP contribution is 2.33. The van der Waals surface area contributed by atoms with Gasteiger partial charge >= 0.3 is 5.97 Å². The Kier molecular flexibility index (Phi) is 5.43. The number of rotatable bonds is 6. The van der Waals surface area contributed by atoms with Crippen molar-refractivity contribution in [3.05, 3.63) is 39.7 Å². The van der Waals surface area contributed by atoms with Crippen LogP contribution in [0.25, 0.3) is 0 Å². The number of ether oxygens (including phenoxy) is 3. The first kappa shape index (κ1) is 16.4. The van der Waals surface area contributed by atoms with Crippen molar-refractivity contribution in [2.45, 2.75) is 20.0 Å². The maximum atomic E-state index is 11.9. The molecule has 0 fully saturated rings. The van der Waals surface area contributed by atoms with Crippen molar-refractivity contribution in [2.75, 3.05) is 14.2 Å². The van der Waals surface area contributed by atoms with Crippen LogP contribution in [0.5, 0.6) is 11.5 Å². The highest BCUT2D eigenvalue weighted by Gasteiger charge is 2.14. The summed E-state index contributed by atoms with van der Waals surface area (Å²) in [7, 11) is 3.10. The number of esters is 1. The SMILES string of the molecule is COc1cc(Br)c(CC(=O)OCc2cc(C)on2)cc1OC. The third-order valence-corrected chi connectivity index (χ3v) is 3.68. The van der Waals surface area contributed by atoms with Gasteiger partial charge in [-0.25, -0.2) is 0 Å². The van der Waals surface area contributed by atoms with Gasteiger partial charge in [-0.3, -0.25) is 4.79 Å². The van der Waals surface area contributed by atoms with Gasteiger partial charge in [-0.2, -0.15) is 0 Å². The van der Waals surface area contributed by atoms with Crippen LogP contribution in [-0.4, -0.2) is 25.3 Å². The minimum atomic E-state index is -0.367. The average Bonchev–Trinajstić information content (AvgIpc) is 2.92. The Morgan fingerprint density at radius 3 is 2.50 bits per heavy atom. The molecule has 0 saturated heterocycles. The Bertz CT molecular complexity index is 668. The number of carbonyl (C=O) groups is 1. The van der Waals surface area contributed by atoms with Crippen molar-refractivity contribution >= 4 is 21.9 Å². The van der Waals surface area contributed by atoms with Crippen LogP contribution in [0.15, 0.2) is 27.2 Å². The number of halogens is 1. The van der Waals surface area contributed by atoms with E-state index in [0.29, 0.717) is 23.0 Å². The summed E-state index contributed by atoms with van der Waals surface area (Å²) in [5.41, 5.74) is 1.33. The van der Waals surface area contributed by atoms with Crippen LogP contribution in [0.3, 0.4) is 0 Å². The number of hydrogen-bond donors (Lipinski definition) is 0. The monoisotopic (exact) mass is 369 g/mol. The van der Waals surface area contributed by atoms with Crippen LogP contribution in [0.2, 0.25) is 0 Å². The number of nitrogens with zero attached hydrogens (tertiary/aromatic N) is 1. The van der Waals surface area contributed by atoms with Gasteiger partial charge in [0, 0.05) is 10.5 Å². The second-order valence-electron chi connectivity index (χ2n) is 4.56. The van der Waals surface area contributed by atoms with Gasteiger partial charge in [0.2, 0.25) is 0 Å². The van der Waals surface area contributed by atoms with Crippen molar-refractivity contribution < 1.29 is 23.5 Å². The van der Waals surface area contributed by atoms with Crippen LogP contribution in [-0.2, 0) is 22.6 Å². The van der Waals surface area contributed by atoms with Gasteiger partial charge in [0.25, 0.3) is 0 Å². The molecule has 1 aromatic carbocycles. The minimum absolute atomic E-state index is 0.0844. The maximum absolute atomic E-state index is 11.9. The molecule has 0 unspecified atom stereocenters. The summed E-state index contributed by atoms with van der Waals surface area (Å²) in [4.78, 5) is 11.9. The molecule has 0 spiro atoms. The minimum Gasteiger partial charge on any atom is -0.493 e. The summed E-state index contributed by atoms with van der Waals surface area (Å²) in [6, 6.07) is 5.21. The van der Waals surface area contributed by atoms with Gasteiger partial charge in [0.15, 0.2) is 11.5 Å². The van der Waals surface area contributed by atoms with E-state index in [1.165, 1.54) is 0 Å². The molecule has 22 heavy (non-hydrogen) atoms. The lowest BCUT2D eigenvalue weighted by Crippen LogP contribution is -2.09. The van der Waals surface area contributed by atoms with Gasteiger partial charge in [-0.05, 0) is 24.6 Å². The molecule has 0 aliphatic heterocycles. The Morgan fingerprint density at radius 2 is 1.91 bits per heavy atom. The molecule has 6 nitrogen and oxygen atoms in total. The van der Waals surface area contributed by atoms with Crippen molar-refractivity contribution in [1.82, 2.24) is 5.16 Å². The molecule has 0 saturated carbocycles. The number of aryl methyl sites for hydroxylation is 1. The number of hydrogen-bond acceptors (Lipinski definition) is 6. The van der Waals surface area contributed by atoms with E-state index in [1.807, 2.05) is 0 Å². The molecule has 0 amide bonds. The average molecular weight is 370 g/mol. The zero-order valence-corrected chi connectivity index (χ0v) is 14.1. The van der Waals surface area contributed by atoms with Crippen LogP contribution in [0.4, 0.5) is 0 Å². The maximum Gasteiger partial charge on any atom is 0.310 e. The van der Waals surface area contributed by atoms with E-state index in [1.54, 1.807) is 39.3 Å². The highest BCUT2D eigenvalue weighted by molar-refractivity contribution is 9.10. The molecule has 118 valence electrons. The van der Waals surface area contributed by atoms with Gasteiger partial charge < -0.3 is 18.7 Å². The molecule has 7 heteroatoms. The Balaban J connectivity index is 2.01. The third kappa shape index (κ3) is 4.00. The quantitative estimate of drug-likeness (QED) is 0.728. The lowest BCUT2D eigenvalue weighted by atomic mass is 10.1. The first-order chi connectivity index (χ1) is 10.5. The molecule has 2 rings (SSSR count). The number of aromatic nitrogens is 1. The zero-order valence-electron chi connectivity index (χ0n) is 12.5. The molecule has 0 atom stereocenters. The second-order valence-corrected chi connectivity index (χ2v) is 5.42. The Labute approximate surface area is 136 Å². The molecule has 0 N–H and O–H groups in total. The van der Waals surface area contributed by atoms with Crippen LogP contribution in [0.1, 0.15) is 17.0 Å². The molecular formula is C15H16BrNO5. The normalized spacial score (nSPS) is 10.4. The standard InChI is InChI=1S/C15H16BrNO5/c1-9-4-11(17-22-9)8-21-15(18)6-10-5-13(19-2)14(20-3)7-12(10)16/h4-5,7H,6,8H2,1-3H3. The summed E-state index contributed by atoms with van der Waals surface area (Å²) in [5.74, 6) is 1.45. The highest BCUT2D eigenvalue weighted by atomic mass is 79.9. The topological polar surface area (TPSA) is 70.8 Å². The van der Waals surface area contributed by atoms with Crippen LogP contribution in [0, 0.1) is 6.92 Å². The fourth-order valence-electron chi connectivity index (χ4n) is 1.88. The Hall–Kier alpha value is -2.02. The van der Waals surface area contributed by atoms with Crippen molar-refractivity contribution in [2.24, 2.45) is 0 Å². The number of benzene rings is 1. The summed E-state index contributed by atoms with van der Waals surface area (Å²) < 4.78 is 21.3. The van der Waals surface area contributed by atoms with E-state index >= 15 is 0 Å². The molecule has 1 aromatic heterocycles. The molecule has 0 radical (unpaired) electrons. The first-order valence-electron chi connectivity index (χ1n) is 6.51. The van der Waals surface area contributed by atoms with E-state index in [9.17, 15) is 4.79 Å². The number of methoxy groups -OCH3 is 2. The zero-order chi connectivity index (χ0) is 16.1. The predicted molar refractivity (Wildman–Crippen MR) is 82.0 cm³/mol. The lowest BCUT2D eigenvalue weighted by molar-refractivity contribution is -0.144. The largest absolute Gasteiger partial charge is 0.493 e. The molecule has 0 aliphatic carbocycles.